The lowest BCUT2D eigenvalue weighted by Gasteiger charge is -2.07. The third-order valence-electron chi connectivity index (χ3n) is 2.07. The van der Waals surface area contributed by atoms with Crippen LogP contribution in [0.4, 0.5) is 11.6 Å². The summed E-state index contributed by atoms with van der Waals surface area (Å²) in [5.74, 6) is -0.0987. The van der Waals surface area contributed by atoms with Gasteiger partial charge in [-0.05, 0) is 34.1 Å². The summed E-state index contributed by atoms with van der Waals surface area (Å²) in [5, 5.41) is 7.13. The van der Waals surface area contributed by atoms with Gasteiger partial charge in [0.25, 0.3) is 0 Å². The third kappa shape index (κ3) is 3.21. The molecule has 0 bridgehead atoms. The number of amides is 1. The first-order chi connectivity index (χ1) is 8.54. The number of halogens is 2. The summed E-state index contributed by atoms with van der Waals surface area (Å²) in [6, 6.07) is 5.10. The van der Waals surface area contributed by atoms with Crippen LogP contribution in [-0.4, -0.2) is 20.7 Å². The molecule has 0 saturated carbocycles. The molecule has 0 aliphatic carbocycles. The Balaban J connectivity index is 2.03. The fourth-order valence-corrected chi connectivity index (χ4v) is 2.09. The molecule has 2 rings (SSSR count). The van der Waals surface area contributed by atoms with E-state index in [2.05, 4.69) is 31.3 Å². The van der Waals surface area contributed by atoms with Crippen molar-refractivity contribution in [2.75, 3.05) is 11.1 Å². The van der Waals surface area contributed by atoms with E-state index in [9.17, 15) is 4.79 Å². The van der Waals surface area contributed by atoms with Crippen molar-refractivity contribution in [1.82, 2.24) is 14.8 Å². The van der Waals surface area contributed by atoms with Gasteiger partial charge in [-0.2, -0.15) is 0 Å². The predicted octanol–water partition coefficient (Wildman–Crippen LogP) is 1.91. The highest BCUT2D eigenvalue weighted by atomic mass is 79.9. The zero-order valence-electron chi connectivity index (χ0n) is 9.10. The van der Waals surface area contributed by atoms with E-state index in [4.69, 9.17) is 17.3 Å². The van der Waals surface area contributed by atoms with E-state index >= 15 is 0 Å². The summed E-state index contributed by atoms with van der Waals surface area (Å²) in [4.78, 5) is 15.5. The van der Waals surface area contributed by atoms with Crippen LogP contribution in [-0.2, 0) is 11.3 Å². The average Bonchev–Trinajstić information content (AvgIpc) is 2.68. The molecule has 0 fully saturated rings. The van der Waals surface area contributed by atoms with Gasteiger partial charge in [0, 0.05) is 9.50 Å². The number of nitrogen functional groups attached to an aromatic ring is 1. The molecule has 1 aromatic heterocycles. The molecular formula is C10H9BrClN5O. The normalized spacial score (nSPS) is 10.3. The van der Waals surface area contributed by atoms with Crippen molar-refractivity contribution in [2.45, 2.75) is 6.54 Å². The zero-order valence-corrected chi connectivity index (χ0v) is 11.4. The Kier molecular flexibility index (Phi) is 3.83. The number of anilines is 2. The molecule has 18 heavy (non-hydrogen) atoms. The maximum Gasteiger partial charge on any atom is 0.246 e. The van der Waals surface area contributed by atoms with Gasteiger partial charge in [0.1, 0.15) is 12.9 Å². The SMILES string of the molecule is Nc1ncn(CC(=O)Nc2ccc(Cl)cc2Br)n1. The summed E-state index contributed by atoms with van der Waals surface area (Å²) < 4.78 is 2.07. The summed E-state index contributed by atoms with van der Waals surface area (Å²) in [7, 11) is 0. The van der Waals surface area contributed by atoms with Crippen LogP contribution >= 0.6 is 27.5 Å². The lowest BCUT2D eigenvalue weighted by Crippen LogP contribution is -2.19. The molecule has 94 valence electrons. The molecule has 0 radical (unpaired) electrons. The standard InChI is InChI=1S/C10H9BrClN5O/c11-7-3-6(12)1-2-8(7)15-9(18)4-17-5-14-10(13)16-17/h1-3,5H,4H2,(H2,13,16)(H,15,18). The first kappa shape index (κ1) is 12.8. The maximum atomic E-state index is 11.7. The van der Waals surface area contributed by atoms with E-state index < -0.39 is 0 Å². The van der Waals surface area contributed by atoms with E-state index in [1.54, 1.807) is 18.2 Å². The van der Waals surface area contributed by atoms with Gasteiger partial charge >= 0.3 is 0 Å². The van der Waals surface area contributed by atoms with Crippen LogP contribution in [0.3, 0.4) is 0 Å². The second kappa shape index (κ2) is 5.36. The molecule has 0 atom stereocenters. The molecule has 3 N–H and O–H groups in total. The van der Waals surface area contributed by atoms with E-state index in [-0.39, 0.29) is 18.4 Å². The highest BCUT2D eigenvalue weighted by molar-refractivity contribution is 9.10. The van der Waals surface area contributed by atoms with Gasteiger partial charge in [-0.15, -0.1) is 5.10 Å². The average molecular weight is 331 g/mol. The van der Waals surface area contributed by atoms with Gasteiger partial charge < -0.3 is 11.1 Å². The number of hydrogen-bond acceptors (Lipinski definition) is 4. The Morgan fingerprint density at radius 3 is 2.94 bits per heavy atom. The predicted molar refractivity (Wildman–Crippen MR) is 72.2 cm³/mol. The molecule has 0 aliphatic heterocycles. The van der Waals surface area contributed by atoms with Crippen LogP contribution in [0.5, 0.6) is 0 Å². The molecule has 0 aliphatic rings. The van der Waals surface area contributed by atoms with E-state index in [1.807, 2.05) is 0 Å². The number of carbonyl (C=O) groups is 1. The topological polar surface area (TPSA) is 85.8 Å². The minimum Gasteiger partial charge on any atom is -0.367 e. The number of benzene rings is 1. The van der Waals surface area contributed by atoms with Crippen molar-refractivity contribution in [1.29, 1.82) is 0 Å². The van der Waals surface area contributed by atoms with Crippen molar-refractivity contribution in [3.63, 3.8) is 0 Å². The number of rotatable bonds is 3. The van der Waals surface area contributed by atoms with Gasteiger partial charge in [-0.25, -0.2) is 9.67 Å². The molecule has 0 unspecified atom stereocenters. The number of nitrogens with two attached hydrogens (primary N) is 1. The number of aromatic nitrogens is 3. The lowest BCUT2D eigenvalue weighted by atomic mass is 10.3. The Morgan fingerprint density at radius 2 is 2.33 bits per heavy atom. The van der Waals surface area contributed by atoms with Crippen molar-refractivity contribution < 1.29 is 4.79 Å². The molecule has 0 spiro atoms. The van der Waals surface area contributed by atoms with Gasteiger partial charge in [-0.1, -0.05) is 11.6 Å². The Labute approximate surface area is 116 Å². The molecule has 1 heterocycles. The van der Waals surface area contributed by atoms with Gasteiger partial charge in [-0.3, -0.25) is 4.79 Å². The quantitative estimate of drug-likeness (QED) is 0.900. The largest absolute Gasteiger partial charge is 0.367 e. The Hall–Kier alpha value is -1.60. The molecule has 2 aromatic rings. The number of nitrogens with one attached hydrogen (secondary N) is 1. The maximum absolute atomic E-state index is 11.7. The summed E-state index contributed by atoms with van der Waals surface area (Å²) >= 11 is 9.12. The minimum atomic E-state index is -0.233. The fourth-order valence-electron chi connectivity index (χ4n) is 1.31. The highest BCUT2D eigenvalue weighted by Gasteiger charge is 2.07. The second-order valence-electron chi connectivity index (χ2n) is 3.47. The van der Waals surface area contributed by atoms with Crippen molar-refractivity contribution >= 4 is 45.1 Å². The second-order valence-corrected chi connectivity index (χ2v) is 4.76. The monoisotopic (exact) mass is 329 g/mol. The van der Waals surface area contributed by atoms with Crippen molar-refractivity contribution in [2.24, 2.45) is 0 Å². The Morgan fingerprint density at radius 1 is 1.56 bits per heavy atom. The summed E-state index contributed by atoms with van der Waals surface area (Å²) in [5.41, 5.74) is 5.99. The van der Waals surface area contributed by atoms with Crippen LogP contribution < -0.4 is 11.1 Å². The molecule has 1 aromatic carbocycles. The summed E-state index contributed by atoms with van der Waals surface area (Å²) in [6.07, 6.45) is 1.39. The van der Waals surface area contributed by atoms with Crippen LogP contribution in [0.15, 0.2) is 29.0 Å². The van der Waals surface area contributed by atoms with Crippen LogP contribution in [0.1, 0.15) is 0 Å². The third-order valence-corrected chi connectivity index (χ3v) is 2.96. The molecule has 0 saturated heterocycles. The Bertz CT molecular complexity index is 585. The van der Waals surface area contributed by atoms with E-state index in [0.29, 0.717) is 15.2 Å². The van der Waals surface area contributed by atoms with Crippen LogP contribution in [0.2, 0.25) is 5.02 Å². The van der Waals surface area contributed by atoms with Crippen LogP contribution in [0, 0.1) is 0 Å². The minimum absolute atomic E-state index is 0.0409. The first-order valence-electron chi connectivity index (χ1n) is 4.94. The van der Waals surface area contributed by atoms with Crippen LogP contribution in [0.25, 0.3) is 0 Å². The number of nitrogens with zero attached hydrogens (tertiary/aromatic N) is 3. The van der Waals surface area contributed by atoms with Crippen molar-refractivity contribution in [3.8, 4) is 0 Å². The van der Waals surface area contributed by atoms with Gasteiger partial charge in [0.15, 0.2) is 0 Å². The number of carbonyl (C=O) groups excluding carboxylic acids is 1. The van der Waals surface area contributed by atoms with Gasteiger partial charge in [0.05, 0.1) is 5.69 Å². The summed E-state index contributed by atoms with van der Waals surface area (Å²) in [6.45, 7) is 0.0409. The molecule has 6 nitrogen and oxygen atoms in total. The smallest absolute Gasteiger partial charge is 0.246 e. The van der Waals surface area contributed by atoms with E-state index in [1.165, 1.54) is 11.0 Å². The molecule has 8 heteroatoms. The first-order valence-corrected chi connectivity index (χ1v) is 6.11. The van der Waals surface area contributed by atoms with E-state index in [0.717, 1.165) is 0 Å². The number of hydrogen-bond donors (Lipinski definition) is 2. The molecular weight excluding hydrogens is 322 g/mol. The fraction of sp³-hybridized carbons (Fsp3) is 0.100. The highest BCUT2D eigenvalue weighted by Crippen LogP contribution is 2.25. The zero-order chi connectivity index (χ0) is 13.1. The van der Waals surface area contributed by atoms with Crippen molar-refractivity contribution in [3.05, 3.63) is 34.0 Å². The lowest BCUT2D eigenvalue weighted by molar-refractivity contribution is -0.116. The van der Waals surface area contributed by atoms with Gasteiger partial charge in [0.2, 0.25) is 11.9 Å². The molecule has 1 amide bonds.